The van der Waals surface area contributed by atoms with E-state index in [2.05, 4.69) is 25.6 Å². The molecule has 0 aromatic heterocycles. The highest BCUT2D eigenvalue weighted by Gasteiger charge is 2.34. The summed E-state index contributed by atoms with van der Waals surface area (Å²) in [5.41, 5.74) is 1.26. The number of aryl methyl sites for hydroxylation is 1. The van der Waals surface area contributed by atoms with Crippen LogP contribution in [0.1, 0.15) is 19.4 Å². The Morgan fingerprint density at radius 1 is 1.07 bits per heavy atom. The summed E-state index contributed by atoms with van der Waals surface area (Å²) < 4.78 is 11.7. The maximum atomic E-state index is 5.85. The second-order valence-electron chi connectivity index (χ2n) is 3.63. The van der Waals surface area contributed by atoms with Crippen LogP contribution in [-0.2, 0) is 8.85 Å². The van der Waals surface area contributed by atoms with E-state index in [0.29, 0.717) is 13.2 Å². The smallest absolute Gasteiger partial charge is 0.369 e. The topological polar surface area (TPSA) is 18.5 Å². The van der Waals surface area contributed by atoms with Crippen LogP contribution >= 0.6 is 0 Å². The minimum absolute atomic E-state index is 0.705. The van der Waals surface area contributed by atoms with Crippen LogP contribution in [0.3, 0.4) is 0 Å². The van der Waals surface area contributed by atoms with Gasteiger partial charge in [-0.25, -0.2) is 0 Å². The van der Waals surface area contributed by atoms with Crippen molar-refractivity contribution >= 4 is 13.7 Å². The average molecular weight is 224 g/mol. The predicted molar refractivity (Wildman–Crippen MR) is 65.7 cm³/mol. The minimum Gasteiger partial charge on any atom is -0.391 e. The van der Waals surface area contributed by atoms with E-state index in [1.165, 1.54) is 10.8 Å². The van der Waals surface area contributed by atoms with Gasteiger partial charge in [0.15, 0.2) is 0 Å². The van der Waals surface area contributed by atoms with Gasteiger partial charge in [0.05, 0.1) is 0 Å². The standard InChI is InChI=1S/C12H20O2Si/c1-5-13-15(4,14-6-2)12-10-8-7-9-11(12)3/h7-10H,5-6H2,1-4H3. The summed E-state index contributed by atoms with van der Waals surface area (Å²) in [6.45, 7) is 9.67. The first-order chi connectivity index (χ1) is 7.14. The first-order valence-electron chi connectivity index (χ1n) is 5.48. The van der Waals surface area contributed by atoms with E-state index in [4.69, 9.17) is 8.85 Å². The minimum atomic E-state index is -2.17. The maximum absolute atomic E-state index is 5.85. The van der Waals surface area contributed by atoms with Crippen molar-refractivity contribution in [2.45, 2.75) is 27.3 Å². The lowest BCUT2D eigenvalue weighted by Gasteiger charge is -2.27. The molecule has 0 unspecified atom stereocenters. The molecule has 0 N–H and O–H groups in total. The highest BCUT2D eigenvalue weighted by atomic mass is 28.4. The lowest BCUT2D eigenvalue weighted by molar-refractivity contribution is 0.202. The van der Waals surface area contributed by atoms with Gasteiger partial charge in [-0.1, -0.05) is 24.3 Å². The molecule has 1 aromatic rings. The van der Waals surface area contributed by atoms with Gasteiger partial charge < -0.3 is 8.85 Å². The molecule has 0 aliphatic carbocycles. The van der Waals surface area contributed by atoms with E-state index in [0.717, 1.165) is 0 Å². The molecule has 0 radical (unpaired) electrons. The Morgan fingerprint density at radius 3 is 2.07 bits per heavy atom. The molecule has 84 valence electrons. The molecule has 0 aliphatic rings. The molecule has 0 saturated heterocycles. The molecule has 0 bridgehead atoms. The molecule has 15 heavy (non-hydrogen) atoms. The quantitative estimate of drug-likeness (QED) is 0.715. The number of hydrogen-bond donors (Lipinski definition) is 0. The van der Waals surface area contributed by atoms with Crippen LogP contribution < -0.4 is 5.19 Å². The van der Waals surface area contributed by atoms with Crippen LogP contribution in [0.2, 0.25) is 6.55 Å². The second-order valence-corrected chi connectivity index (χ2v) is 6.63. The van der Waals surface area contributed by atoms with Gasteiger partial charge in [0.25, 0.3) is 0 Å². The molecule has 0 spiro atoms. The van der Waals surface area contributed by atoms with Gasteiger partial charge in [0.2, 0.25) is 0 Å². The third kappa shape index (κ3) is 2.90. The van der Waals surface area contributed by atoms with Gasteiger partial charge in [-0.3, -0.25) is 0 Å². The van der Waals surface area contributed by atoms with Gasteiger partial charge in [0.1, 0.15) is 0 Å². The number of benzene rings is 1. The van der Waals surface area contributed by atoms with Gasteiger partial charge in [-0.15, -0.1) is 0 Å². The summed E-state index contributed by atoms with van der Waals surface area (Å²) in [4.78, 5) is 0. The summed E-state index contributed by atoms with van der Waals surface area (Å²) >= 11 is 0. The first kappa shape index (κ1) is 12.4. The fourth-order valence-electron chi connectivity index (χ4n) is 1.83. The molecule has 0 aliphatic heterocycles. The third-order valence-electron chi connectivity index (χ3n) is 2.47. The Balaban J connectivity index is 3.03. The first-order valence-corrected chi connectivity index (χ1v) is 7.79. The molecule has 0 fully saturated rings. The monoisotopic (exact) mass is 224 g/mol. The van der Waals surface area contributed by atoms with Crippen LogP contribution in [0.4, 0.5) is 0 Å². The largest absolute Gasteiger partial charge is 0.391 e. The number of rotatable bonds is 5. The molecule has 0 atom stereocenters. The van der Waals surface area contributed by atoms with Crippen molar-refractivity contribution in [3.63, 3.8) is 0 Å². The predicted octanol–water partition coefficient (Wildman–Crippen LogP) is 2.35. The molecule has 0 saturated carbocycles. The molecule has 0 amide bonds. The molecule has 2 nitrogen and oxygen atoms in total. The van der Waals surface area contributed by atoms with Crippen LogP contribution in [0.15, 0.2) is 24.3 Å². The van der Waals surface area contributed by atoms with Gasteiger partial charge in [-0.05, 0) is 38.1 Å². The summed E-state index contributed by atoms with van der Waals surface area (Å²) in [6.07, 6.45) is 0. The Labute approximate surface area is 93.5 Å². The fraction of sp³-hybridized carbons (Fsp3) is 0.500. The molecule has 3 heteroatoms. The Kier molecular flexibility index (Phi) is 4.51. The van der Waals surface area contributed by atoms with E-state index >= 15 is 0 Å². The van der Waals surface area contributed by atoms with Crippen LogP contribution in [0.5, 0.6) is 0 Å². The maximum Gasteiger partial charge on any atom is 0.369 e. The summed E-state index contributed by atoms with van der Waals surface area (Å²) in [5.74, 6) is 0. The van der Waals surface area contributed by atoms with Crippen molar-refractivity contribution in [3.05, 3.63) is 29.8 Å². The summed E-state index contributed by atoms with van der Waals surface area (Å²) in [6, 6.07) is 8.32. The lowest BCUT2D eigenvalue weighted by atomic mass is 10.2. The van der Waals surface area contributed by atoms with Crippen LogP contribution in [0, 0.1) is 6.92 Å². The van der Waals surface area contributed by atoms with E-state index in [-0.39, 0.29) is 0 Å². The number of hydrogen-bond acceptors (Lipinski definition) is 2. The van der Waals surface area contributed by atoms with E-state index in [1.54, 1.807) is 0 Å². The lowest BCUT2D eigenvalue weighted by Crippen LogP contribution is -2.52. The van der Waals surface area contributed by atoms with Crippen LogP contribution in [-0.4, -0.2) is 21.8 Å². The van der Waals surface area contributed by atoms with Crippen molar-refractivity contribution in [2.24, 2.45) is 0 Å². The van der Waals surface area contributed by atoms with Crippen molar-refractivity contribution in [3.8, 4) is 0 Å². The highest BCUT2D eigenvalue weighted by Crippen LogP contribution is 2.10. The Hall–Kier alpha value is -0.643. The van der Waals surface area contributed by atoms with Crippen LogP contribution in [0.25, 0.3) is 0 Å². The fourth-order valence-corrected chi connectivity index (χ4v) is 4.53. The SMILES string of the molecule is CCO[Si](C)(OCC)c1ccccc1C. The third-order valence-corrected chi connectivity index (χ3v) is 5.69. The van der Waals surface area contributed by atoms with Crippen molar-refractivity contribution in [1.82, 2.24) is 0 Å². The van der Waals surface area contributed by atoms with Crippen molar-refractivity contribution < 1.29 is 8.85 Å². The van der Waals surface area contributed by atoms with Gasteiger partial charge >= 0.3 is 8.56 Å². The summed E-state index contributed by atoms with van der Waals surface area (Å²) in [7, 11) is -2.17. The van der Waals surface area contributed by atoms with E-state index in [9.17, 15) is 0 Å². The van der Waals surface area contributed by atoms with Gasteiger partial charge in [-0.2, -0.15) is 0 Å². The molecular weight excluding hydrogens is 204 g/mol. The Bertz CT molecular complexity index is 306. The van der Waals surface area contributed by atoms with E-state index in [1.807, 2.05) is 26.0 Å². The second kappa shape index (κ2) is 5.44. The molecule has 0 heterocycles. The zero-order valence-corrected chi connectivity index (χ0v) is 11.0. The molecular formula is C12H20O2Si. The van der Waals surface area contributed by atoms with Gasteiger partial charge in [0, 0.05) is 13.2 Å². The zero-order valence-electron chi connectivity index (χ0n) is 10.0. The molecule has 1 rings (SSSR count). The highest BCUT2D eigenvalue weighted by molar-refractivity contribution is 6.80. The average Bonchev–Trinajstić information content (AvgIpc) is 2.19. The summed E-state index contributed by atoms with van der Waals surface area (Å²) in [5, 5.41) is 1.24. The molecule has 1 aromatic carbocycles. The Morgan fingerprint density at radius 2 is 1.60 bits per heavy atom. The van der Waals surface area contributed by atoms with Crippen molar-refractivity contribution in [1.29, 1.82) is 0 Å². The van der Waals surface area contributed by atoms with Crippen molar-refractivity contribution in [2.75, 3.05) is 13.2 Å². The van der Waals surface area contributed by atoms with E-state index < -0.39 is 8.56 Å². The zero-order chi connectivity index (χ0) is 11.3. The normalized spacial score (nSPS) is 11.7.